The number of methoxy groups -OCH3 is 1. The van der Waals surface area contributed by atoms with E-state index in [1.54, 1.807) is 0 Å². The summed E-state index contributed by atoms with van der Waals surface area (Å²) in [6, 6.07) is 0.950. The highest BCUT2D eigenvalue weighted by Gasteiger charge is 2.16. The standard InChI is InChI=1S/C9H11F2NO2/c1-14-8-3-5(11)2-6(9(8)13)7(12)4-10/h2-3,7,13H,4,12H2,1H3/t7-/m0/s1. The zero-order valence-corrected chi connectivity index (χ0v) is 7.63. The molecule has 0 spiro atoms. The Kier molecular flexibility index (Phi) is 3.24. The number of phenolic OH excluding ortho intramolecular Hbond substituents is 1. The van der Waals surface area contributed by atoms with Crippen LogP contribution in [0.5, 0.6) is 11.5 Å². The molecule has 0 aromatic heterocycles. The van der Waals surface area contributed by atoms with Crippen molar-refractivity contribution in [3.63, 3.8) is 0 Å². The number of halogens is 2. The largest absolute Gasteiger partial charge is 0.504 e. The molecule has 0 amide bonds. The number of hydrogen-bond donors (Lipinski definition) is 2. The van der Waals surface area contributed by atoms with Crippen LogP contribution in [0, 0.1) is 5.82 Å². The van der Waals surface area contributed by atoms with Crippen molar-refractivity contribution >= 4 is 0 Å². The van der Waals surface area contributed by atoms with Crippen molar-refractivity contribution in [2.45, 2.75) is 6.04 Å². The second-order valence-corrected chi connectivity index (χ2v) is 2.81. The van der Waals surface area contributed by atoms with Gasteiger partial charge in [0.25, 0.3) is 0 Å². The Morgan fingerprint density at radius 3 is 2.71 bits per heavy atom. The van der Waals surface area contributed by atoms with E-state index >= 15 is 0 Å². The number of ether oxygens (including phenoxy) is 1. The van der Waals surface area contributed by atoms with Crippen LogP contribution in [0.15, 0.2) is 12.1 Å². The van der Waals surface area contributed by atoms with Gasteiger partial charge in [-0.3, -0.25) is 0 Å². The fraction of sp³-hybridized carbons (Fsp3) is 0.333. The van der Waals surface area contributed by atoms with Crippen LogP contribution in [-0.2, 0) is 0 Å². The number of phenols is 1. The number of aromatic hydroxyl groups is 1. The summed E-state index contributed by atoms with van der Waals surface area (Å²) in [7, 11) is 1.28. The van der Waals surface area contributed by atoms with E-state index in [1.807, 2.05) is 0 Å². The summed E-state index contributed by atoms with van der Waals surface area (Å²) in [5, 5.41) is 9.48. The highest BCUT2D eigenvalue weighted by atomic mass is 19.1. The monoisotopic (exact) mass is 203 g/mol. The molecule has 1 aromatic carbocycles. The van der Waals surface area contributed by atoms with E-state index < -0.39 is 18.5 Å². The molecule has 0 saturated carbocycles. The third-order valence-corrected chi connectivity index (χ3v) is 1.85. The molecule has 3 nitrogen and oxygen atoms in total. The molecule has 0 heterocycles. The molecule has 0 fully saturated rings. The molecule has 0 aliphatic carbocycles. The summed E-state index contributed by atoms with van der Waals surface area (Å²) in [6.07, 6.45) is 0. The number of benzene rings is 1. The van der Waals surface area contributed by atoms with Crippen molar-refractivity contribution in [3.05, 3.63) is 23.5 Å². The molecule has 0 aliphatic heterocycles. The molecule has 3 N–H and O–H groups in total. The number of rotatable bonds is 3. The molecule has 0 bridgehead atoms. The highest BCUT2D eigenvalue weighted by molar-refractivity contribution is 5.47. The van der Waals surface area contributed by atoms with Gasteiger partial charge in [0.1, 0.15) is 12.5 Å². The second kappa shape index (κ2) is 4.23. The molecule has 1 rings (SSSR count). The Bertz CT molecular complexity index is 331. The van der Waals surface area contributed by atoms with E-state index in [4.69, 9.17) is 10.5 Å². The molecule has 78 valence electrons. The quantitative estimate of drug-likeness (QED) is 0.782. The van der Waals surface area contributed by atoms with E-state index in [-0.39, 0.29) is 17.1 Å². The normalized spacial score (nSPS) is 12.6. The maximum Gasteiger partial charge on any atom is 0.163 e. The average Bonchev–Trinajstić information content (AvgIpc) is 2.19. The van der Waals surface area contributed by atoms with E-state index in [2.05, 4.69) is 0 Å². The molecular formula is C9H11F2NO2. The summed E-state index contributed by atoms with van der Waals surface area (Å²) in [4.78, 5) is 0. The predicted molar refractivity (Wildman–Crippen MR) is 47.5 cm³/mol. The first-order valence-corrected chi connectivity index (χ1v) is 3.98. The zero-order chi connectivity index (χ0) is 10.7. The van der Waals surface area contributed by atoms with Gasteiger partial charge in [-0.15, -0.1) is 0 Å². The third-order valence-electron chi connectivity index (χ3n) is 1.85. The number of nitrogens with two attached hydrogens (primary N) is 1. The van der Waals surface area contributed by atoms with Crippen molar-refractivity contribution in [1.29, 1.82) is 0 Å². The van der Waals surface area contributed by atoms with Crippen LogP contribution in [0.1, 0.15) is 11.6 Å². The molecule has 5 heteroatoms. The van der Waals surface area contributed by atoms with Gasteiger partial charge in [0, 0.05) is 11.6 Å². The van der Waals surface area contributed by atoms with E-state index in [9.17, 15) is 13.9 Å². The van der Waals surface area contributed by atoms with Gasteiger partial charge in [0.15, 0.2) is 11.5 Å². The molecule has 0 unspecified atom stereocenters. The molecule has 0 radical (unpaired) electrons. The van der Waals surface area contributed by atoms with Crippen LogP contribution in [-0.4, -0.2) is 18.9 Å². The van der Waals surface area contributed by atoms with E-state index in [1.165, 1.54) is 7.11 Å². The van der Waals surface area contributed by atoms with Crippen LogP contribution in [0.25, 0.3) is 0 Å². The molecule has 1 aromatic rings. The highest BCUT2D eigenvalue weighted by Crippen LogP contribution is 2.33. The Balaban J connectivity index is 3.21. The summed E-state index contributed by atoms with van der Waals surface area (Å²) < 4.78 is 29.8. The van der Waals surface area contributed by atoms with Crippen molar-refractivity contribution in [2.24, 2.45) is 5.73 Å². The molecule has 0 saturated heterocycles. The van der Waals surface area contributed by atoms with Crippen LogP contribution in [0.2, 0.25) is 0 Å². The Morgan fingerprint density at radius 2 is 2.21 bits per heavy atom. The molecular weight excluding hydrogens is 192 g/mol. The smallest absolute Gasteiger partial charge is 0.163 e. The third kappa shape index (κ3) is 1.93. The lowest BCUT2D eigenvalue weighted by Crippen LogP contribution is -2.13. The van der Waals surface area contributed by atoms with Crippen LogP contribution in [0.4, 0.5) is 8.78 Å². The van der Waals surface area contributed by atoms with E-state index in [0.717, 1.165) is 12.1 Å². The number of alkyl halides is 1. The van der Waals surface area contributed by atoms with Crippen LogP contribution in [0.3, 0.4) is 0 Å². The van der Waals surface area contributed by atoms with Crippen molar-refractivity contribution in [3.8, 4) is 11.5 Å². The molecule has 1 atom stereocenters. The fourth-order valence-electron chi connectivity index (χ4n) is 1.12. The van der Waals surface area contributed by atoms with Gasteiger partial charge in [-0.1, -0.05) is 0 Å². The van der Waals surface area contributed by atoms with Gasteiger partial charge in [-0.05, 0) is 6.07 Å². The summed E-state index contributed by atoms with van der Waals surface area (Å²) >= 11 is 0. The Labute approximate surface area is 80.1 Å². The maximum atomic E-state index is 12.9. The Morgan fingerprint density at radius 1 is 1.57 bits per heavy atom. The first-order chi connectivity index (χ1) is 6.60. The zero-order valence-electron chi connectivity index (χ0n) is 7.63. The lowest BCUT2D eigenvalue weighted by atomic mass is 10.1. The second-order valence-electron chi connectivity index (χ2n) is 2.81. The SMILES string of the molecule is COc1cc(F)cc([C@@H](N)CF)c1O. The van der Waals surface area contributed by atoms with Gasteiger partial charge >= 0.3 is 0 Å². The first kappa shape index (κ1) is 10.7. The number of hydrogen-bond acceptors (Lipinski definition) is 3. The van der Waals surface area contributed by atoms with Gasteiger partial charge in [-0.2, -0.15) is 0 Å². The van der Waals surface area contributed by atoms with Gasteiger partial charge < -0.3 is 15.6 Å². The van der Waals surface area contributed by atoms with Gasteiger partial charge in [0.05, 0.1) is 13.2 Å². The summed E-state index contributed by atoms with van der Waals surface area (Å²) in [6.45, 7) is -0.875. The Hall–Kier alpha value is -1.36. The predicted octanol–water partition coefficient (Wildman–Crippen LogP) is 1.51. The van der Waals surface area contributed by atoms with E-state index in [0.29, 0.717) is 0 Å². The molecule has 0 aliphatic rings. The minimum absolute atomic E-state index is 0.00403. The lowest BCUT2D eigenvalue weighted by Gasteiger charge is -2.12. The molecule has 14 heavy (non-hydrogen) atoms. The van der Waals surface area contributed by atoms with Crippen LogP contribution < -0.4 is 10.5 Å². The van der Waals surface area contributed by atoms with Crippen molar-refractivity contribution in [2.75, 3.05) is 13.8 Å². The van der Waals surface area contributed by atoms with Crippen LogP contribution >= 0.6 is 0 Å². The topological polar surface area (TPSA) is 55.5 Å². The van der Waals surface area contributed by atoms with Crippen molar-refractivity contribution < 1.29 is 18.6 Å². The first-order valence-electron chi connectivity index (χ1n) is 3.98. The lowest BCUT2D eigenvalue weighted by molar-refractivity contribution is 0.358. The fourth-order valence-corrected chi connectivity index (χ4v) is 1.12. The maximum absolute atomic E-state index is 12.9. The van der Waals surface area contributed by atoms with Gasteiger partial charge in [-0.25, -0.2) is 8.78 Å². The summed E-state index contributed by atoms with van der Waals surface area (Å²) in [5.74, 6) is -0.999. The minimum atomic E-state index is -1.04. The average molecular weight is 203 g/mol. The summed E-state index contributed by atoms with van der Waals surface area (Å²) in [5.41, 5.74) is 5.33. The van der Waals surface area contributed by atoms with Crippen molar-refractivity contribution in [1.82, 2.24) is 0 Å². The van der Waals surface area contributed by atoms with Gasteiger partial charge in [0.2, 0.25) is 0 Å². The minimum Gasteiger partial charge on any atom is -0.504 e.